The Hall–Kier alpha value is -0.290. The van der Waals surface area contributed by atoms with Gasteiger partial charge in [-0.1, -0.05) is 0 Å². The summed E-state index contributed by atoms with van der Waals surface area (Å²) in [4.78, 5) is 2.45. The molecule has 2 heterocycles. The Balaban J connectivity index is 0.00000128. The van der Waals surface area contributed by atoms with Crippen molar-refractivity contribution in [2.24, 2.45) is 0 Å². The predicted molar refractivity (Wildman–Crippen MR) is 75.3 cm³/mol. The number of aromatic nitrogens is 2. The van der Waals surface area contributed by atoms with Gasteiger partial charge in [-0.05, 0) is 19.9 Å². The van der Waals surface area contributed by atoms with Crippen LogP contribution in [0.2, 0.25) is 0 Å². The first-order valence-corrected chi connectivity index (χ1v) is 5.73. The van der Waals surface area contributed by atoms with Gasteiger partial charge in [0.1, 0.15) is 0 Å². The summed E-state index contributed by atoms with van der Waals surface area (Å²) in [5.41, 5.74) is 1.19. The molecule has 6 heteroatoms. The van der Waals surface area contributed by atoms with Gasteiger partial charge in [-0.15, -0.1) is 24.8 Å². The quantitative estimate of drug-likeness (QED) is 0.915. The fourth-order valence-electron chi connectivity index (χ4n) is 1.85. The van der Waals surface area contributed by atoms with Crippen molar-refractivity contribution in [2.45, 2.75) is 26.4 Å². The monoisotopic (exact) mass is 280 g/mol. The zero-order chi connectivity index (χ0) is 10.7. The molecular weight excluding hydrogens is 259 g/mol. The van der Waals surface area contributed by atoms with E-state index in [1.807, 2.05) is 4.68 Å². The maximum Gasteiger partial charge on any atom is 0.0764 e. The zero-order valence-corrected chi connectivity index (χ0v) is 12.1. The number of hydrogen-bond acceptors (Lipinski definition) is 3. The molecule has 1 N–H and O–H groups in total. The Morgan fingerprint density at radius 2 is 1.94 bits per heavy atom. The van der Waals surface area contributed by atoms with Crippen LogP contribution in [0.4, 0.5) is 0 Å². The summed E-state index contributed by atoms with van der Waals surface area (Å²) >= 11 is 0. The highest BCUT2D eigenvalue weighted by Crippen LogP contribution is 2.07. The van der Waals surface area contributed by atoms with Crippen LogP contribution in [-0.2, 0) is 6.54 Å². The summed E-state index contributed by atoms with van der Waals surface area (Å²) in [6, 6.07) is 2.59. The number of nitrogens with zero attached hydrogens (tertiary/aromatic N) is 3. The van der Waals surface area contributed by atoms with Crippen LogP contribution in [-0.4, -0.2) is 40.9 Å². The number of nitrogens with one attached hydrogen (secondary N) is 1. The minimum atomic E-state index is 0. The summed E-state index contributed by atoms with van der Waals surface area (Å²) in [6.45, 7) is 9.77. The molecule has 1 aliphatic rings. The molecule has 1 aliphatic heterocycles. The summed E-state index contributed by atoms with van der Waals surface area (Å²) in [6.07, 6.45) is 2.07. The van der Waals surface area contributed by atoms with Crippen LogP contribution in [0.15, 0.2) is 12.3 Å². The third-order valence-corrected chi connectivity index (χ3v) is 2.79. The Bertz CT molecular complexity index is 308. The molecule has 0 radical (unpaired) electrons. The molecular formula is C11H22Cl2N4. The molecule has 0 aromatic carbocycles. The molecule has 4 nitrogen and oxygen atoms in total. The van der Waals surface area contributed by atoms with Crippen molar-refractivity contribution in [2.75, 3.05) is 26.2 Å². The molecule has 0 atom stereocenters. The van der Waals surface area contributed by atoms with Gasteiger partial charge in [0.15, 0.2) is 0 Å². The van der Waals surface area contributed by atoms with Crippen LogP contribution in [0.3, 0.4) is 0 Å². The average Bonchev–Trinajstić information content (AvgIpc) is 2.68. The number of hydrogen-bond donors (Lipinski definition) is 1. The summed E-state index contributed by atoms with van der Waals surface area (Å²) in [5, 5.41) is 7.92. The molecule has 1 aromatic heterocycles. The van der Waals surface area contributed by atoms with Crippen molar-refractivity contribution >= 4 is 24.8 Å². The normalized spacial score (nSPS) is 16.4. The first kappa shape index (κ1) is 16.7. The molecule has 17 heavy (non-hydrogen) atoms. The van der Waals surface area contributed by atoms with E-state index in [1.54, 1.807) is 0 Å². The lowest BCUT2D eigenvalue weighted by Crippen LogP contribution is -2.42. The Morgan fingerprint density at radius 1 is 1.29 bits per heavy atom. The van der Waals surface area contributed by atoms with E-state index < -0.39 is 0 Å². The maximum atomic E-state index is 4.56. The molecule has 1 aromatic rings. The highest BCUT2D eigenvalue weighted by Gasteiger charge is 2.11. The van der Waals surface area contributed by atoms with E-state index in [9.17, 15) is 0 Å². The SMILES string of the molecule is CC(C)n1ccc(CN2CCNCC2)n1.Cl.Cl. The van der Waals surface area contributed by atoms with Crippen molar-refractivity contribution in [3.8, 4) is 0 Å². The third kappa shape index (κ3) is 4.84. The molecule has 2 rings (SSSR count). The van der Waals surface area contributed by atoms with Gasteiger partial charge >= 0.3 is 0 Å². The molecule has 0 unspecified atom stereocenters. The van der Waals surface area contributed by atoms with Gasteiger partial charge in [0, 0.05) is 45.0 Å². The molecule has 0 spiro atoms. The fourth-order valence-corrected chi connectivity index (χ4v) is 1.85. The van der Waals surface area contributed by atoms with Crippen LogP contribution in [0.25, 0.3) is 0 Å². The molecule has 1 saturated heterocycles. The number of piperazine rings is 1. The first-order valence-electron chi connectivity index (χ1n) is 5.73. The summed E-state index contributed by atoms with van der Waals surface area (Å²) in [5.74, 6) is 0. The minimum Gasteiger partial charge on any atom is -0.314 e. The molecule has 100 valence electrons. The van der Waals surface area contributed by atoms with Crippen LogP contribution in [0, 0.1) is 0 Å². The van der Waals surface area contributed by atoms with E-state index in [4.69, 9.17) is 0 Å². The molecule has 0 saturated carbocycles. The van der Waals surface area contributed by atoms with Gasteiger partial charge < -0.3 is 5.32 Å². The minimum absolute atomic E-state index is 0. The van der Waals surface area contributed by atoms with E-state index in [0.29, 0.717) is 6.04 Å². The van der Waals surface area contributed by atoms with Crippen LogP contribution < -0.4 is 5.32 Å². The smallest absolute Gasteiger partial charge is 0.0764 e. The largest absolute Gasteiger partial charge is 0.314 e. The highest BCUT2D eigenvalue weighted by atomic mass is 35.5. The van der Waals surface area contributed by atoms with E-state index in [1.165, 1.54) is 5.69 Å². The van der Waals surface area contributed by atoms with Gasteiger partial charge in [0.25, 0.3) is 0 Å². The lowest BCUT2D eigenvalue weighted by molar-refractivity contribution is 0.230. The van der Waals surface area contributed by atoms with Gasteiger partial charge in [0.05, 0.1) is 5.69 Å². The standard InChI is InChI=1S/C11H20N4.2ClH/c1-10(2)15-6-3-11(13-15)9-14-7-4-12-5-8-14;;/h3,6,10,12H,4-5,7-9H2,1-2H3;2*1H. The molecule has 1 fully saturated rings. The van der Waals surface area contributed by atoms with Crippen LogP contribution >= 0.6 is 24.8 Å². The van der Waals surface area contributed by atoms with Crippen molar-refractivity contribution in [1.29, 1.82) is 0 Å². The Morgan fingerprint density at radius 3 is 2.47 bits per heavy atom. The summed E-state index contributed by atoms with van der Waals surface area (Å²) < 4.78 is 2.03. The van der Waals surface area contributed by atoms with Crippen molar-refractivity contribution in [1.82, 2.24) is 20.0 Å². The third-order valence-electron chi connectivity index (χ3n) is 2.79. The Kier molecular flexibility index (Phi) is 7.79. The lowest BCUT2D eigenvalue weighted by atomic mass is 10.3. The Labute approximate surface area is 116 Å². The van der Waals surface area contributed by atoms with E-state index in [0.717, 1.165) is 32.7 Å². The van der Waals surface area contributed by atoms with Crippen molar-refractivity contribution in [3.63, 3.8) is 0 Å². The van der Waals surface area contributed by atoms with Gasteiger partial charge in [-0.3, -0.25) is 9.58 Å². The molecule has 0 amide bonds. The van der Waals surface area contributed by atoms with E-state index in [-0.39, 0.29) is 24.8 Å². The van der Waals surface area contributed by atoms with Crippen molar-refractivity contribution < 1.29 is 0 Å². The molecule has 0 bridgehead atoms. The van der Waals surface area contributed by atoms with Crippen molar-refractivity contribution in [3.05, 3.63) is 18.0 Å². The second-order valence-electron chi connectivity index (χ2n) is 4.41. The summed E-state index contributed by atoms with van der Waals surface area (Å²) in [7, 11) is 0. The predicted octanol–water partition coefficient (Wildman–Crippen LogP) is 1.71. The fraction of sp³-hybridized carbons (Fsp3) is 0.727. The van der Waals surface area contributed by atoms with Crippen LogP contribution in [0.5, 0.6) is 0 Å². The van der Waals surface area contributed by atoms with Gasteiger partial charge in [-0.2, -0.15) is 5.10 Å². The van der Waals surface area contributed by atoms with Gasteiger partial charge in [-0.25, -0.2) is 0 Å². The second kappa shape index (κ2) is 7.93. The maximum absolute atomic E-state index is 4.56. The average molecular weight is 281 g/mol. The zero-order valence-electron chi connectivity index (χ0n) is 10.4. The number of rotatable bonds is 3. The first-order chi connectivity index (χ1) is 7.25. The number of halogens is 2. The van der Waals surface area contributed by atoms with Gasteiger partial charge in [0.2, 0.25) is 0 Å². The second-order valence-corrected chi connectivity index (χ2v) is 4.41. The highest BCUT2D eigenvalue weighted by molar-refractivity contribution is 5.85. The van der Waals surface area contributed by atoms with E-state index >= 15 is 0 Å². The topological polar surface area (TPSA) is 33.1 Å². The van der Waals surface area contributed by atoms with Crippen LogP contribution in [0.1, 0.15) is 25.6 Å². The van der Waals surface area contributed by atoms with E-state index in [2.05, 4.69) is 41.4 Å². The molecule has 0 aliphatic carbocycles. The lowest BCUT2D eigenvalue weighted by Gasteiger charge is -2.26.